The van der Waals surface area contributed by atoms with E-state index < -0.39 is 10.0 Å². The molecule has 1 saturated carbocycles. The van der Waals surface area contributed by atoms with Gasteiger partial charge in [0.25, 0.3) is 0 Å². The molecule has 21 heavy (non-hydrogen) atoms. The normalized spacial score (nSPS) is 15.3. The Bertz CT molecular complexity index is 568. The summed E-state index contributed by atoms with van der Waals surface area (Å²) >= 11 is 0. The first-order chi connectivity index (χ1) is 10.0. The van der Waals surface area contributed by atoms with Gasteiger partial charge in [0.15, 0.2) is 0 Å². The van der Waals surface area contributed by atoms with E-state index in [9.17, 15) is 8.42 Å². The van der Waals surface area contributed by atoms with Crippen LogP contribution in [0, 0.1) is 12.8 Å². The molecule has 0 aromatic heterocycles. The van der Waals surface area contributed by atoms with Crippen molar-refractivity contribution in [1.29, 1.82) is 0 Å². The van der Waals surface area contributed by atoms with Gasteiger partial charge in [-0.1, -0.05) is 12.1 Å². The van der Waals surface area contributed by atoms with Crippen LogP contribution in [0.5, 0.6) is 0 Å². The summed E-state index contributed by atoms with van der Waals surface area (Å²) in [5.41, 5.74) is 7.19. The van der Waals surface area contributed by atoms with E-state index in [1.807, 2.05) is 6.07 Å². The van der Waals surface area contributed by atoms with Crippen molar-refractivity contribution in [3.63, 3.8) is 0 Å². The molecule has 0 bridgehead atoms. The SMILES string of the molecule is Cc1c(CN)cccc1S(=O)(=O)NCCCOCC1CC1. The van der Waals surface area contributed by atoms with Crippen LogP contribution in [-0.2, 0) is 21.3 Å². The summed E-state index contributed by atoms with van der Waals surface area (Å²) in [5.74, 6) is 0.739. The molecular weight excluding hydrogens is 288 g/mol. The van der Waals surface area contributed by atoms with E-state index in [2.05, 4.69) is 4.72 Å². The lowest BCUT2D eigenvalue weighted by Crippen LogP contribution is -2.26. The zero-order valence-corrected chi connectivity index (χ0v) is 13.3. The maximum Gasteiger partial charge on any atom is 0.240 e. The lowest BCUT2D eigenvalue weighted by Gasteiger charge is -2.12. The average molecular weight is 312 g/mol. The summed E-state index contributed by atoms with van der Waals surface area (Å²) in [6.45, 7) is 3.92. The Morgan fingerprint density at radius 3 is 2.81 bits per heavy atom. The number of sulfonamides is 1. The van der Waals surface area contributed by atoms with Crippen molar-refractivity contribution in [2.75, 3.05) is 19.8 Å². The van der Waals surface area contributed by atoms with Crippen LogP contribution in [0.25, 0.3) is 0 Å². The van der Waals surface area contributed by atoms with Crippen molar-refractivity contribution in [3.8, 4) is 0 Å². The van der Waals surface area contributed by atoms with Crippen molar-refractivity contribution in [1.82, 2.24) is 4.72 Å². The minimum atomic E-state index is -3.48. The zero-order valence-electron chi connectivity index (χ0n) is 12.5. The number of rotatable bonds is 9. The second kappa shape index (κ2) is 7.35. The molecule has 0 saturated heterocycles. The van der Waals surface area contributed by atoms with Crippen LogP contribution < -0.4 is 10.5 Å². The van der Waals surface area contributed by atoms with E-state index in [0.29, 0.717) is 31.0 Å². The van der Waals surface area contributed by atoms with Gasteiger partial charge >= 0.3 is 0 Å². The largest absolute Gasteiger partial charge is 0.381 e. The first kappa shape index (κ1) is 16.4. The number of hydrogen-bond donors (Lipinski definition) is 2. The second-order valence-electron chi connectivity index (χ2n) is 5.51. The summed E-state index contributed by atoms with van der Waals surface area (Å²) < 4.78 is 32.7. The first-order valence-electron chi connectivity index (χ1n) is 7.40. The van der Waals surface area contributed by atoms with Gasteiger partial charge in [0.2, 0.25) is 10.0 Å². The third kappa shape index (κ3) is 4.78. The minimum Gasteiger partial charge on any atom is -0.381 e. The Kier molecular flexibility index (Phi) is 5.75. The third-order valence-electron chi connectivity index (χ3n) is 3.71. The van der Waals surface area contributed by atoms with Crippen LogP contribution in [0.15, 0.2) is 23.1 Å². The molecule has 5 nitrogen and oxygen atoms in total. The third-order valence-corrected chi connectivity index (χ3v) is 5.32. The maximum absolute atomic E-state index is 12.3. The van der Waals surface area contributed by atoms with Crippen LogP contribution >= 0.6 is 0 Å². The van der Waals surface area contributed by atoms with E-state index in [4.69, 9.17) is 10.5 Å². The highest BCUT2D eigenvalue weighted by Gasteiger charge is 2.21. The number of hydrogen-bond acceptors (Lipinski definition) is 4. The molecule has 1 aromatic carbocycles. The zero-order chi connectivity index (χ0) is 15.3. The molecule has 0 aliphatic heterocycles. The van der Waals surface area contributed by atoms with Crippen LogP contribution in [0.4, 0.5) is 0 Å². The van der Waals surface area contributed by atoms with E-state index >= 15 is 0 Å². The highest BCUT2D eigenvalue weighted by molar-refractivity contribution is 7.89. The van der Waals surface area contributed by atoms with Crippen molar-refractivity contribution < 1.29 is 13.2 Å². The van der Waals surface area contributed by atoms with E-state index in [-0.39, 0.29) is 0 Å². The Labute approximate surface area is 126 Å². The van der Waals surface area contributed by atoms with Crippen LogP contribution in [0.2, 0.25) is 0 Å². The van der Waals surface area contributed by atoms with Crippen LogP contribution in [0.1, 0.15) is 30.4 Å². The molecule has 0 atom stereocenters. The number of ether oxygens (including phenoxy) is 1. The molecule has 0 heterocycles. The Morgan fingerprint density at radius 2 is 2.14 bits per heavy atom. The summed E-state index contributed by atoms with van der Waals surface area (Å²) in [6, 6.07) is 5.18. The van der Waals surface area contributed by atoms with Gasteiger partial charge in [-0.15, -0.1) is 0 Å². The van der Waals surface area contributed by atoms with Gasteiger partial charge in [0.1, 0.15) is 0 Å². The van der Waals surface area contributed by atoms with Crippen molar-refractivity contribution in [3.05, 3.63) is 29.3 Å². The fourth-order valence-electron chi connectivity index (χ4n) is 2.17. The fourth-order valence-corrected chi connectivity index (χ4v) is 3.53. The van der Waals surface area contributed by atoms with Crippen molar-refractivity contribution in [2.24, 2.45) is 11.7 Å². The molecule has 0 unspecified atom stereocenters. The van der Waals surface area contributed by atoms with Gasteiger partial charge in [-0.25, -0.2) is 13.1 Å². The lowest BCUT2D eigenvalue weighted by atomic mass is 10.1. The molecule has 0 spiro atoms. The summed E-state index contributed by atoms with van der Waals surface area (Å²) in [4.78, 5) is 0.310. The standard InChI is InChI=1S/C15H24N2O3S/c1-12-14(10-16)4-2-5-15(12)21(18,19)17-8-3-9-20-11-13-6-7-13/h2,4-5,13,17H,3,6-11,16H2,1H3. The predicted octanol–water partition coefficient (Wildman–Crippen LogP) is 1.55. The molecule has 3 N–H and O–H groups in total. The van der Waals surface area contributed by atoms with Gasteiger partial charge in [0.05, 0.1) is 4.90 Å². The summed E-state index contributed by atoms with van der Waals surface area (Å²) in [5, 5.41) is 0. The molecule has 1 aliphatic rings. The fraction of sp³-hybridized carbons (Fsp3) is 0.600. The number of nitrogens with two attached hydrogens (primary N) is 1. The molecule has 2 rings (SSSR count). The molecule has 118 valence electrons. The highest BCUT2D eigenvalue weighted by Crippen LogP contribution is 2.28. The molecule has 0 radical (unpaired) electrons. The lowest BCUT2D eigenvalue weighted by molar-refractivity contribution is 0.123. The van der Waals surface area contributed by atoms with E-state index in [1.54, 1.807) is 19.1 Å². The van der Waals surface area contributed by atoms with Crippen molar-refractivity contribution in [2.45, 2.75) is 37.6 Å². The molecule has 1 fully saturated rings. The van der Waals surface area contributed by atoms with Gasteiger partial charge in [-0.2, -0.15) is 0 Å². The van der Waals surface area contributed by atoms with Gasteiger partial charge < -0.3 is 10.5 Å². The summed E-state index contributed by atoms with van der Waals surface area (Å²) in [6.07, 6.45) is 3.22. The van der Waals surface area contributed by atoms with Crippen molar-refractivity contribution >= 4 is 10.0 Å². The highest BCUT2D eigenvalue weighted by atomic mass is 32.2. The van der Waals surface area contributed by atoms with E-state index in [0.717, 1.165) is 23.7 Å². The van der Waals surface area contributed by atoms with Crippen LogP contribution in [-0.4, -0.2) is 28.2 Å². The topological polar surface area (TPSA) is 81.4 Å². The predicted molar refractivity (Wildman–Crippen MR) is 82.4 cm³/mol. The summed E-state index contributed by atoms with van der Waals surface area (Å²) in [7, 11) is -3.48. The quantitative estimate of drug-likeness (QED) is 0.678. The first-order valence-corrected chi connectivity index (χ1v) is 8.89. The van der Waals surface area contributed by atoms with Gasteiger partial charge in [-0.05, 0) is 49.3 Å². The van der Waals surface area contributed by atoms with Gasteiger partial charge in [0, 0.05) is 26.3 Å². The molecule has 6 heteroatoms. The average Bonchev–Trinajstić information content (AvgIpc) is 3.27. The smallest absolute Gasteiger partial charge is 0.240 e. The molecule has 0 amide bonds. The number of benzene rings is 1. The Hall–Kier alpha value is -0.950. The minimum absolute atomic E-state index is 0.310. The molecular formula is C15H24N2O3S. The maximum atomic E-state index is 12.3. The molecule has 1 aliphatic carbocycles. The van der Waals surface area contributed by atoms with Gasteiger partial charge in [-0.3, -0.25) is 0 Å². The van der Waals surface area contributed by atoms with Crippen LogP contribution in [0.3, 0.4) is 0 Å². The number of nitrogens with one attached hydrogen (secondary N) is 1. The Morgan fingerprint density at radius 1 is 1.38 bits per heavy atom. The monoisotopic (exact) mass is 312 g/mol. The Balaban J connectivity index is 1.83. The molecule has 1 aromatic rings. The van der Waals surface area contributed by atoms with E-state index in [1.165, 1.54) is 12.8 Å². The second-order valence-corrected chi connectivity index (χ2v) is 7.25.